The largest absolute Gasteiger partial charge is 0.392 e. The molecule has 1 N–H and O–H groups in total. The van der Waals surface area contributed by atoms with E-state index in [2.05, 4.69) is 18.9 Å². The minimum absolute atomic E-state index is 0.240. The van der Waals surface area contributed by atoms with E-state index in [0.717, 1.165) is 18.5 Å². The van der Waals surface area contributed by atoms with E-state index < -0.39 is 0 Å². The fraction of sp³-hybridized carbons (Fsp3) is 0.786. The van der Waals surface area contributed by atoms with Gasteiger partial charge in [-0.15, -0.1) is 0 Å². The van der Waals surface area contributed by atoms with Gasteiger partial charge in [-0.3, -0.25) is 4.68 Å². The molecule has 1 fully saturated rings. The van der Waals surface area contributed by atoms with E-state index in [1.165, 1.54) is 18.6 Å². The molecule has 4 heteroatoms. The number of aromatic nitrogens is 2. The Morgan fingerprint density at radius 1 is 1.56 bits per heavy atom. The Bertz CT molecular complexity index is 360. The summed E-state index contributed by atoms with van der Waals surface area (Å²) in [6, 6.07) is 2.49. The van der Waals surface area contributed by atoms with E-state index in [-0.39, 0.29) is 6.10 Å². The molecule has 1 aliphatic rings. The van der Waals surface area contributed by atoms with Crippen LogP contribution in [-0.4, -0.2) is 32.0 Å². The quantitative estimate of drug-likeness (QED) is 0.892. The zero-order valence-corrected chi connectivity index (χ0v) is 12.2. The summed E-state index contributed by atoms with van der Waals surface area (Å²) in [6.07, 6.45) is 7.29. The van der Waals surface area contributed by atoms with Gasteiger partial charge in [-0.05, 0) is 38.0 Å². The molecule has 3 nitrogen and oxygen atoms in total. The van der Waals surface area contributed by atoms with E-state index in [1.54, 1.807) is 0 Å². The Hall–Kier alpha value is -0.480. The lowest BCUT2D eigenvalue weighted by atomic mass is 10.1. The van der Waals surface area contributed by atoms with Gasteiger partial charge in [-0.1, -0.05) is 13.3 Å². The highest BCUT2D eigenvalue weighted by Crippen LogP contribution is 2.28. The summed E-state index contributed by atoms with van der Waals surface area (Å²) in [7, 11) is 0. The number of aliphatic hydroxyl groups is 1. The predicted octanol–water partition coefficient (Wildman–Crippen LogP) is 3.04. The van der Waals surface area contributed by atoms with Crippen LogP contribution in [0.15, 0.2) is 12.3 Å². The van der Waals surface area contributed by atoms with E-state index in [1.807, 2.05) is 28.7 Å². The highest BCUT2D eigenvalue weighted by molar-refractivity contribution is 8.00. The van der Waals surface area contributed by atoms with Crippen molar-refractivity contribution in [1.29, 1.82) is 0 Å². The lowest BCUT2D eigenvalue weighted by molar-refractivity contribution is 0.164. The van der Waals surface area contributed by atoms with Gasteiger partial charge in [0.05, 0.1) is 11.8 Å². The van der Waals surface area contributed by atoms with Crippen molar-refractivity contribution in [3.05, 3.63) is 18.0 Å². The fourth-order valence-electron chi connectivity index (χ4n) is 2.33. The number of hydrogen-bond donors (Lipinski definition) is 1. The summed E-state index contributed by atoms with van der Waals surface area (Å²) in [5.41, 5.74) is 1.02. The third kappa shape index (κ3) is 3.51. The molecule has 18 heavy (non-hydrogen) atoms. The highest BCUT2D eigenvalue weighted by atomic mass is 32.2. The first-order chi connectivity index (χ1) is 8.70. The summed E-state index contributed by atoms with van der Waals surface area (Å²) >= 11 is 1.92. The Morgan fingerprint density at radius 2 is 2.39 bits per heavy atom. The van der Waals surface area contributed by atoms with E-state index in [9.17, 15) is 5.11 Å². The second-order valence-corrected chi connectivity index (χ2v) is 6.57. The molecule has 0 radical (unpaired) electrons. The fourth-order valence-corrected chi connectivity index (χ4v) is 3.66. The molecule has 1 aliphatic heterocycles. The van der Waals surface area contributed by atoms with Crippen LogP contribution in [0.2, 0.25) is 0 Å². The van der Waals surface area contributed by atoms with Crippen molar-refractivity contribution in [3.8, 4) is 0 Å². The zero-order chi connectivity index (χ0) is 13.0. The van der Waals surface area contributed by atoms with Crippen LogP contribution in [0, 0.1) is 0 Å². The van der Waals surface area contributed by atoms with Gasteiger partial charge < -0.3 is 5.11 Å². The van der Waals surface area contributed by atoms with Gasteiger partial charge in [-0.2, -0.15) is 16.9 Å². The molecule has 1 aromatic rings. The summed E-state index contributed by atoms with van der Waals surface area (Å²) in [4.78, 5) is 0. The summed E-state index contributed by atoms with van der Waals surface area (Å²) < 4.78 is 2.01. The van der Waals surface area contributed by atoms with Gasteiger partial charge in [-0.25, -0.2) is 0 Å². The first kappa shape index (κ1) is 13.9. The Kier molecular flexibility index (Phi) is 5.13. The van der Waals surface area contributed by atoms with Crippen molar-refractivity contribution in [2.75, 3.05) is 5.75 Å². The van der Waals surface area contributed by atoms with Crippen LogP contribution in [0.3, 0.4) is 0 Å². The van der Waals surface area contributed by atoms with Crippen LogP contribution in [0.25, 0.3) is 0 Å². The first-order valence-corrected chi connectivity index (χ1v) is 8.09. The molecule has 2 heterocycles. The normalized spacial score (nSPS) is 23.8. The molecule has 0 bridgehead atoms. The maximum absolute atomic E-state index is 10.3. The molecular weight excluding hydrogens is 244 g/mol. The van der Waals surface area contributed by atoms with Crippen molar-refractivity contribution in [2.45, 2.75) is 63.3 Å². The lowest BCUT2D eigenvalue weighted by Gasteiger charge is -2.25. The van der Waals surface area contributed by atoms with Crippen LogP contribution >= 0.6 is 11.8 Å². The second-order valence-electron chi connectivity index (χ2n) is 5.22. The number of aliphatic hydroxyl groups excluding tert-OH is 1. The second kappa shape index (κ2) is 6.62. The van der Waals surface area contributed by atoms with Crippen molar-refractivity contribution < 1.29 is 5.11 Å². The van der Waals surface area contributed by atoms with Crippen molar-refractivity contribution >= 4 is 11.8 Å². The first-order valence-electron chi connectivity index (χ1n) is 7.04. The monoisotopic (exact) mass is 268 g/mol. The predicted molar refractivity (Wildman–Crippen MR) is 77.0 cm³/mol. The zero-order valence-electron chi connectivity index (χ0n) is 11.4. The van der Waals surface area contributed by atoms with Gasteiger partial charge >= 0.3 is 0 Å². The molecule has 2 rings (SSSR count). The standard InChI is InChI=1S/C14H24N2OS/c1-3-11(2)16-8-7-12(15-16)10-13(17)14-6-4-5-9-18-14/h7-8,11,13-14,17H,3-6,9-10H2,1-2H3. The molecular formula is C14H24N2OS. The Morgan fingerprint density at radius 3 is 3.06 bits per heavy atom. The van der Waals surface area contributed by atoms with Crippen LogP contribution in [0.1, 0.15) is 51.3 Å². The van der Waals surface area contributed by atoms with Crippen molar-refractivity contribution in [1.82, 2.24) is 9.78 Å². The third-order valence-corrected chi connectivity index (χ3v) is 5.27. The topological polar surface area (TPSA) is 38.0 Å². The van der Waals surface area contributed by atoms with Crippen molar-refractivity contribution in [2.24, 2.45) is 0 Å². The smallest absolute Gasteiger partial charge is 0.0714 e. The van der Waals surface area contributed by atoms with Gasteiger partial charge in [0.2, 0.25) is 0 Å². The van der Waals surface area contributed by atoms with Crippen LogP contribution < -0.4 is 0 Å². The van der Waals surface area contributed by atoms with Gasteiger partial charge in [0, 0.05) is 23.9 Å². The number of thioether (sulfide) groups is 1. The van der Waals surface area contributed by atoms with Crippen LogP contribution in [-0.2, 0) is 6.42 Å². The minimum Gasteiger partial charge on any atom is -0.392 e. The van der Waals surface area contributed by atoms with Crippen LogP contribution in [0.5, 0.6) is 0 Å². The molecule has 0 aromatic carbocycles. The summed E-state index contributed by atoms with van der Waals surface area (Å²) in [5, 5.41) is 15.2. The van der Waals surface area contributed by atoms with Gasteiger partial charge in [0.15, 0.2) is 0 Å². The molecule has 0 amide bonds. The summed E-state index contributed by atoms with van der Waals surface area (Å²) in [5.74, 6) is 1.20. The number of rotatable bonds is 5. The van der Waals surface area contributed by atoms with Gasteiger partial charge in [0.25, 0.3) is 0 Å². The van der Waals surface area contributed by atoms with Crippen LogP contribution in [0.4, 0.5) is 0 Å². The molecule has 1 saturated heterocycles. The van der Waals surface area contributed by atoms with Gasteiger partial charge in [0.1, 0.15) is 0 Å². The average molecular weight is 268 g/mol. The third-order valence-electron chi connectivity index (χ3n) is 3.77. The molecule has 1 aromatic heterocycles. The molecule has 0 aliphatic carbocycles. The number of nitrogens with zero attached hydrogens (tertiary/aromatic N) is 2. The highest BCUT2D eigenvalue weighted by Gasteiger charge is 2.23. The maximum Gasteiger partial charge on any atom is 0.0714 e. The number of hydrogen-bond acceptors (Lipinski definition) is 3. The average Bonchev–Trinajstić information content (AvgIpc) is 2.87. The minimum atomic E-state index is -0.240. The van der Waals surface area contributed by atoms with E-state index in [0.29, 0.717) is 17.7 Å². The molecule has 102 valence electrons. The Labute approximate surface area is 114 Å². The van der Waals surface area contributed by atoms with Crippen molar-refractivity contribution in [3.63, 3.8) is 0 Å². The van der Waals surface area contributed by atoms with E-state index in [4.69, 9.17) is 0 Å². The Balaban J connectivity index is 1.90. The molecule has 3 atom stereocenters. The molecule has 0 spiro atoms. The maximum atomic E-state index is 10.3. The SMILES string of the molecule is CCC(C)n1ccc(CC(O)C2CCCCS2)n1. The summed E-state index contributed by atoms with van der Waals surface area (Å²) in [6.45, 7) is 4.34. The molecule has 3 unspecified atom stereocenters. The molecule has 0 saturated carbocycles. The van der Waals surface area contributed by atoms with E-state index >= 15 is 0 Å². The lowest BCUT2D eigenvalue weighted by Crippen LogP contribution is -2.28.